The van der Waals surface area contributed by atoms with Crippen LogP contribution in [0, 0.1) is 0 Å². The first-order chi connectivity index (χ1) is 3.18. The summed E-state index contributed by atoms with van der Waals surface area (Å²) >= 11 is 2.64. The fraction of sp³-hybridized carbons (Fsp3) is 0.333. The van der Waals surface area contributed by atoms with Gasteiger partial charge in [0.15, 0.2) is 0 Å². The van der Waals surface area contributed by atoms with Crippen molar-refractivity contribution in [1.29, 1.82) is 0 Å². The molecule has 0 aliphatic heterocycles. The third-order valence-electron chi connectivity index (χ3n) is 0.349. The zero-order valence-electron chi connectivity index (χ0n) is 3.81. The maximum absolute atomic E-state index is 9.80. The predicted molar refractivity (Wildman–Crippen MR) is 28.1 cm³/mol. The standard InChI is InChI=1S/C3H2BrO3.H2O/c4-1-2(5)3(6)7;/h1H2;1H2. The third kappa shape index (κ3) is 3.76. The molecule has 2 N–H and O–H groups in total. The summed E-state index contributed by atoms with van der Waals surface area (Å²) in [6.07, 6.45) is 0. The molecule has 0 saturated carbocycles. The second-order valence-corrected chi connectivity index (χ2v) is 1.40. The normalized spacial score (nSPS) is 7.12. The highest BCUT2D eigenvalue weighted by molar-refractivity contribution is 9.09. The van der Waals surface area contributed by atoms with Crippen LogP contribution in [0.25, 0.3) is 0 Å². The molecule has 0 atom stereocenters. The average Bonchev–Trinajstić information content (AvgIpc) is 1.65. The van der Waals surface area contributed by atoms with Crippen LogP contribution < -0.4 is 0 Å². The molecule has 5 heteroatoms. The van der Waals surface area contributed by atoms with E-state index in [0.29, 0.717) is 0 Å². The van der Waals surface area contributed by atoms with E-state index in [9.17, 15) is 14.7 Å². The van der Waals surface area contributed by atoms with Crippen molar-refractivity contribution in [3.05, 3.63) is 0 Å². The van der Waals surface area contributed by atoms with E-state index in [1.165, 1.54) is 0 Å². The van der Waals surface area contributed by atoms with Gasteiger partial charge in [-0.2, -0.15) is 0 Å². The number of ketones is 1. The lowest BCUT2D eigenvalue weighted by Crippen LogP contribution is -2.11. The SMILES string of the molecule is O.[O]C(=O)C(=O)CBr. The van der Waals surface area contributed by atoms with Crippen LogP contribution in [0.2, 0.25) is 0 Å². The molecule has 0 aromatic heterocycles. The van der Waals surface area contributed by atoms with Gasteiger partial charge in [-0.3, -0.25) is 4.79 Å². The van der Waals surface area contributed by atoms with Gasteiger partial charge in [-0.25, -0.2) is 9.90 Å². The fourth-order valence-electron chi connectivity index (χ4n) is 0.0546. The first-order valence-electron chi connectivity index (χ1n) is 1.48. The Morgan fingerprint density at radius 3 is 1.75 bits per heavy atom. The van der Waals surface area contributed by atoms with Gasteiger partial charge in [-0.05, 0) is 0 Å². The van der Waals surface area contributed by atoms with Crippen molar-refractivity contribution in [2.75, 3.05) is 5.33 Å². The Kier molecular flexibility index (Phi) is 6.23. The molecular formula is C3H4BrO4. The number of rotatable bonds is 2. The molecule has 0 amide bonds. The third-order valence-corrected chi connectivity index (χ3v) is 0.858. The smallest absolute Gasteiger partial charge is 0.412 e. The summed E-state index contributed by atoms with van der Waals surface area (Å²) in [6, 6.07) is 0. The van der Waals surface area contributed by atoms with Crippen LogP contribution in [0.3, 0.4) is 0 Å². The van der Waals surface area contributed by atoms with Gasteiger partial charge in [0.2, 0.25) is 0 Å². The van der Waals surface area contributed by atoms with Crippen molar-refractivity contribution >= 4 is 27.7 Å². The molecule has 0 aliphatic rings. The van der Waals surface area contributed by atoms with Gasteiger partial charge < -0.3 is 5.48 Å². The van der Waals surface area contributed by atoms with Crippen LogP contribution in [0.15, 0.2) is 0 Å². The van der Waals surface area contributed by atoms with Crippen LogP contribution in [-0.4, -0.2) is 22.6 Å². The first-order valence-corrected chi connectivity index (χ1v) is 2.60. The minimum Gasteiger partial charge on any atom is -0.412 e. The Labute approximate surface area is 53.9 Å². The zero-order valence-corrected chi connectivity index (χ0v) is 5.40. The van der Waals surface area contributed by atoms with Crippen molar-refractivity contribution in [1.82, 2.24) is 0 Å². The molecule has 0 aliphatic carbocycles. The van der Waals surface area contributed by atoms with E-state index in [0.717, 1.165) is 0 Å². The summed E-state index contributed by atoms with van der Waals surface area (Å²) in [5, 5.41) is 9.27. The zero-order chi connectivity index (χ0) is 5.86. The van der Waals surface area contributed by atoms with Crippen molar-refractivity contribution in [2.45, 2.75) is 0 Å². The molecule has 0 saturated heterocycles. The minimum atomic E-state index is -1.64. The molecule has 0 rings (SSSR count). The van der Waals surface area contributed by atoms with E-state index < -0.39 is 11.8 Å². The van der Waals surface area contributed by atoms with Crippen molar-refractivity contribution < 1.29 is 20.2 Å². The summed E-state index contributed by atoms with van der Waals surface area (Å²) in [5.41, 5.74) is 0. The van der Waals surface area contributed by atoms with Crippen LogP contribution in [-0.2, 0) is 14.7 Å². The molecule has 1 radical (unpaired) electrons. The summed E-state index contributed by atoms with van der Waals surface area (Å²) in [6.45, 7) is 0. The molecule has 47 valence electrons. The molecule has 0 bridgehead atoms. The highest BCUT2D eigenvalue weighted by atomic mass is 79.9. The van der Waals surface area contributed by atoms with E-state index in [2.05, 4.69) is 15.9 Å². The predicted octanol–water partition coefficient (Wildman–Crippen LogP) is -0.917. The van der Waals surface area contributed by atoms with Crippen LogP contribution >= 0.6 is 15.9 Å². The Bertz CT molecular complexity index is 99.5. The second kappa shape index (κ2) is 4.73. The molecule has 0 aromatic carbocycles. The van der Waals surface area contributed by atoms with Crippen LogP contribution in [0.1, 0.15) is 0 Å². The van der Waals surface area contributed by atoms with Gasteiger partial charge in [0.05, 0.1) is 5.33 Å². The monoisotopic (exact) mass is 183 g/mol. The van der Waals surface area contributed by atoms with Gasteiger partial charge in [0.25, 0.3) is 5.78 Å². The second-order valence-electron chi connectivity index (χ2n) is 0.844. The molecule has 8 heavy (non-hydrogen) atoms. The lowest BCUT2D eigenvalue weighted by atomic mass is 10.5. The molecule has 0 heterocycles. The lowest BCUT2D eigenvalue weighted by molar-refractivity contribution is -0.152. The average molecular weight is 184 g/mol. The fourth-order valence-corrected chi connectivity index (χ4v) is 0.283. The summed E-state index contributed by atoms with van der Waals surface area (Å²) < 4.78 is 0. The number of carbonyl (C=O) groups excluding carboxylic acids is 2. The summed E-state index contributed by atoms with van der Waals surface area (Å²) in [5.74, 6) is -2.57. The molecule has 0 spiro atoms. The molecule has 4 nitrogen and oxygen atoms in total. The summed E-state index contributed by atoms with van der Waals surface area (Å²) in [4.78, 5) is 19.2. The Morgan fingerprint density at radius 2 is 1.75 bits per heavy atom. The van der Waals surface area contributed by atoms with Crippen LogP contribution in [0.5, 0.6) is 0 Å². The van der Waals surface area contributed by atoms with Crippen LogP contribution in [0.4, 0.5) is 0 Å². The van der Waals surface area contributed by atoms with Gasteiger partial charge in [-0.1, -0.05) is 15.9 Å². The van der Waals surface area contributed by atoms with Crippen molar-refractivity contribution in [3.63, 3.8) is 0 Å². The highest BCUT2D eigenvalue weighted by Gasteiger charge is 2.09. The summed E-state index contributed by atoms with van der Waals surface area (Å²) in [7, 11) is 0. The molecule has 0 aromatic rings. The van der Waals surface area contributed by atoms with E-state index in [-0.39, 0.29) is 10.8 Å². The van der Waals surface area contributed by atoms with Crippen molar-refractivity contribution in [2.24, 2.45) is 0 Å². The quantitative estimate of drug-likeness (QED) is 0.410. The van der Waals surface area contributed by atoms with Gasteiger partial charge in [0.1, 0.15) is 0 Å². The molecule has 0 fully saturated rings. The van der Waals surface area contributed by atoms with Gasteiger partial charge >= 0.3 is 5.97 Å². The van der Waals surface area contributed by atoms with E-state index in [4.69, 9.17) is 0 Å². The largest absolute Gasteiger partial charge is 0.422 e. The van der Waals surface area contributed by atoms with E-state index in [1.807, 2.05) is 0 Å². The maximum atomic E-state index is 9.80. The Morgan fingerprint density at radius 1 is 1.38 bits per heavy atom. The number of Topliss-reactive ketones (excluding diaryl/α,β-unsaturated/α-hetero) is 1. The van der Waals surface area contributed by atoms with Gasteiger partial charge in [0, 0.05) is 0 Å². The number of carbonyl (C=O) groups is 2. The number of hydrogen-bond donors (Lipinski definition) is 0. The van der Waals surface area contributed by atoms with Crippen molar-refractivity contribution in [3.8, 4) is 0 Å². The number of hydrogen-bond acceptors (Lipinski definition) is 2. The van der Waals surface area contributed by atoms with Gasteiger partial charge in [-0.15, -0.1) is 0 Å². The van der Waals surface area contributed by atoms with E-state index >= 15 is 0 Å². The minimum absolute atomic E-state index is 0. The van der Waals surface area contributed by atoms with E-state index in [1.54, 1.807) is 0 Å². The number of halogens is 1. The number of alkyl halides is 1. The molecular weight excluding hydrogens is 180 g/mol. The highest BCUT2D eigenvalue weighted by Crippen LogP contribution is 1.80. The molecule has 0 unspecified atom stereocenters. The first kappa shape index (κ1) is 10.5. The lowest BCUT2D eigenvalue weighted by Gasteiger charge is -1.75. The maximum Gasteiger partial charge on any atom is 0.422 e. The topological polar surface area (TPSA) is 85.5 Å². The Balaban J connectivity index is 0. The Hall–Kier alpha value is -0.420.